The second-order valence-corrected chi connectivity index (χ2v) is 6.09. The molecule has 0 unspecified atom stereocenters. The summed E-state index contributed by atoms with van der Waals surface area (Å²) < 4.78 is 5.44. The predicted octanol–water partition coefficient (Wildman–Crippen LogP) is 2.04. The van der Waals surface area contributed by atoms with Crippen LogP contribution in [0.4, 0.5) is 0 Å². The van der Waals surface area contributed by atoms with Crippen LogP contribution in [0.3, 0.4) is 0 Å². The molecule has 0 aliphatic carbocycles. The lowest BCUT2D eigenvalue weighted by atomic mass is 10.5. The molecule has 0 aromatic heterocycles. The SMILES string of the molecule is C=P(C)(C)OC(C)C. The van der Waals surface area contributed by atoms with Gasteiger partial charge in [0.25, 0.3) is 0 Å². The van der Waals surface area contributed by atoms with Crippen molar-refractivity contribution in [3.05, 3.63) is 0 Å². The molecule has 0 radical (unpaired) electrons. The molecule has 1 nitrogen and oxygen atoms in total. The lowest BCUT2D eigenvalue weighted by Gasteiger charge is -2.16. The summed E-state index contributed by atoms with van der Waals surface area (Å²) in [6.45, 7) is 8.19. The fourth-order valence-corrected chi connectivity index (χ4v) is 1.71. The van der Waals surface area contributed by atoms with E-state index in [-0.39, 0.29) is 0 Å². The molecule has 0 aliphatic heterocycles. The quantitative estimate of drug-likeness (QED) is 0.525. The summed E-state index contributed by atoms with van der Waals surface area (Å²) in [4.78, 5) is 0. The maximum atomic E-state index is 5.44. The predicted molar refractivity (Wildman–Crippen MR) is 42.1 cm³/mol. The Hall–Kier alpha value is 0.260. The lowest BCUT2D eigenvalue weighted by molar-refractivity contribution is 0.272. The first kappa shape index (κ1) is 8.26. The Bertz CT molecular complexity index is 101. The van der Waals surface area contributed by atoms with Gasteiger partial charge in [-0.1, -0.05) is 6.30 Å². The van der Waals surface area contributed by atoms with Crippen LogP contribution in [-0.2, 0) is 4.52 Å². The number of rotatable bonds is 2. The van der Waals surface area contributed by atoms with Gasteiger partial charge in [-0.25, -0.2) is 0 Å². The summed E-state index contributed by atoms with van der Waals surface area (Å²) in [6, 6.07) is 0. The minimum Gasteiger partial charge on any atom is -0.360 e. The number of hydrogen-bond acceptors (Lipinski definition) is 1. The monoisotopic (exact) mass is 134 g/mol. The van der Waals surface area contributed by atoms with Crippen LogP contribution < -0.4 is 0 Å². The molecule has 0 saturated carbocycles. The van der Waals surface area contributed by atoms with Crippen LogP contribution >= 0.6 is 7.11 Å². The molecule has 0 rings (SSSR count). The molecule has 0 fully saturated rings. The van der Waals surface area contributed by atoms with Gasteiger partial charge < -0.3 is 4.52 Å². The van der Waals surface area contributed by atoms with Crippen molar-refractivity contribution in [2.24, 2.45) is 0 Å². The van der Waals surface area contributed by atoms with Gasteiger partial charge in [-0.3, -0.25) is 0 Å². The van der Waals surface area contributed by atoms with Crippen LogP contribution in [0, 0.1) is 0 Å². The highest BCUT2D eigenvalue weighted by Gasteiger charge is 2.00. The normalized spacial score (nSPS) is 12.6. The van der Waals surface area contributed by atoms with Gasteiger partial charge in [0.2, 0.25) is 0 Å². The average molecular weight is 134 g/mol. The fraction of sp³-hybridized carbons (Fsp3) is 0.833. The van der Waals surface area contributed by atoms with Gasteiger partial charge in [0.1, 0.15) is 0 Å². The summed E-state index contributed by atoms with van der Waals surface area (Å²) in [5.74, 6) is 0. The Morgan fingerprint density at radius 2 is 1.75 bits per heavy atom. The second-order valence-electron chi connectivity index (χ2n) is 2.73. The maximum Gasteiger partial charge on any atom is 0.0559 e. The summed E-state index contributed by atoms with van der Waals surface area (Å²) in [5.41, 5.74) is 0. The molecule has 0 atom stereocenters. The van der Waals surface area contributed by atoms with E-state index in [0.29, 0.717) is 6.10 Å². The molecule has 0 heterocycles. The highest BCUT2D eigenvalue weighted by atomic mass is 31.2. The molecule has 0 aliphatic rings. The highest BCUT2D eigenvalue weighted by molar-refractivity contribution is 7.67. The van der Waals surface area contributed by atoms with E-state index in [1.165, 1.54) is 0 Å². The molecule has 8 heavy (non-hydrogen) atoms. The van der Waals surface area contributed by atoms with Crippen molar-refractivity contribution >= 4 is 13.4 Å². The van der Waals surface area contributed by atoms with E-state index in [1.807, 2.05) is 13.8 Å². The van der Waals surface area contributed by atoms with Crippen molar-refractivity contribution in [1.82, 2.24) is 0 Å². The molecule has 0 spiro atoms. The standard InChI is InChI=1S/C6H15OP/c1-6(2)7-8(3,4)5/h6H,3H2,1-2,4-5H3. The van der Waals surface area contributed by atoms with E-state index in [9.17, 15) is 0 Å². The molecule has 2 heteroatoms. The number of hydrogen-bond donors (Lipinski definition) is 0. The summed E-state index contributed by atoms with van der Waals surface area (Å²) >= 11 is 0. The van der Waals surface area contributed by atoms with Crippen molar-refractivity contribution in [3.8, 4) is 0 Å². The first-order valence-electron chi connectivity index (χ1n) is 2.78. The third-order valence-corrected chi connectivity index (χ3v) is 1.49. The van der Waals surface area contributed by atoms with E-state index in [2.05, 4.69) is 19.6 Å². The van der Waals surface area contributed by atoms with Crippen LogP contribution in [0.15, 0.2) is 0 Å². The van der Waals surface area contributed by atoms with Gasteiger partial charge in [-0.15, -0.1) is 0 Å². The third-order valence-electron chi connectivity index (χ3n) is 0.496. The largest absolute Gasteiger partial charge is 0.360 e. The lowest BCUT2D eigenvalue weighted by Crippen LogP contribution is -1.98. The molecular formula is C6H15OP. The maximum absolute atomic E-state index is 5.44. The second kappa shape index (κ2) is 2.70. The smallest absolute Gasteiger partial charge is 0.0559 e. The van der Waals surface area contributed by atoms with Crippen molar-refractivity contribution in [3.63, 3.8) is 0 Å². The van der Waals surface area contributed by atoms with Crippen molar-refractivity contribution in [2.45, 2.75) is 20.0 Å². The van der Waals surface area contributed by atoms with Crippen LogP contribution in [0.25, 0.3) is 0 Å². The van der Waals surface area contributed by atoms with Crippen molar-refractivity contribution < 1.29 is 4.52 Å². The molecule has 0 aromatic carbocycles. The molecule has 0 aromatic rings. The van der Waals surface area contributed by atoms with Crippen LogP contribution in [0.1, 0.15) is 13.8 Å². The molecular weight excluding hydrogens is 119 g/mol. The zero-order valence-electron chi connectivity index (χ0n) is 6.14. The Balaban J connectivity index is 3.56. The zero-order valence-corrected chi connectivity index (χ0v) is 7.03. The Morgan fingerprint density at radius 3 is 1.75 bits per heavy atom. The highest BCUT2D eigenvalue weighted by Crippen LogP contribution is 2.37. The summed E-state index contributed by atoms with van der Waals surface area (Å²) in [5, 5.41) is 0. The molecule has 0 amide bonds. The first-order valence-corrected chi connectivity index (χ1v) is 5.57. The van der Waals surface area contributed by atoms with Gasteiger partial charge in [0.15, 0.2) is 0 Å². The van der Waals surface area contributed by atoms with Gasteiger partial charge in [-0.2, -0.15) is 0 Å². The zero-order chi connectivity index (χ0) is 6.78. The van der Waals surface area contributed by atoms with E-state index < -0.39 is 7.11 Å². The minimum atomic E-state index is -1.22. The summed E-state index contributed by atoms with van der Waals surface area (Å²) in [6.07, 6.45) is 4.23. The third kappa shape index (κ3) is 6.26. The molecule has 0 N–H and O–H groups in total. The van der Waals surface area contributed by atoms with Crippen LogP contribution in [0.5, 0.6) is 0 Å². The Morgan fingerprint density at radius 1 is 1.38 bits per heavy atom. The van der Waals surface area contributed by atoms with Crippen molar-refractivity contribution in [2.75, 3.05) is 13.3 Å². The average Bonchev–Trinajstić information content (AvgIpc) is 1.21. The molecule has 0 bridgehead atoms. The van der Waals surface area contributed by atoms with Gasteiger partial charge in [-0.05, 0) is 34.3 Å². The Labute approximate surface area is 52.1 Å². The minimum absolute atomic E-state index is 0.329. The summed E-state index contributed by atoms with van der Waals surface area (Å²) in [7, 11) is -1.22. The van der Waals surface area contributed by atoms with E-state index in [4.69, 9.17) is 4.52 Å². The van der Waals surface area contributed by atoms with E-state index in [0.717, 1.165) is 0 Å². The van der Waals surface area contributed by atoms with Gasteiger partial charge in [0, 0.05) is 0 Å². The van der Waals surface area contributed by atoms with Gasteiger partial charge >= 0.3 is 0 Å². The van der Waals surface area contributed by atoms with Crippen LogP contribution in [-0.4, -0.2) is 25.7 Å². The Kier molecular flexibility index (Phi) is 2.79. The van der Waals surface area contributed by atoms with E-state index in [1.54, 1.807) is 0 Å². The topological polar surface area (TPSA) is 9.23 Å². The van der Waals surface area contributed by atoms with Crippen molar-refractivity contribution in [1.29, 1.82) is 0 Å². The van der Waals surface area contributed by atoms with E-state index >= 15 is 0 Å². The molecule has 0 saturated heterocycles. The fourth-order valence-electron chi connectivity index (χ4n) is 0.571. The first-order chi connectivity index (χ1) is 3.42. The van der Waals surface area contributed by atoms with Gasteiger partial charge in [0.05, 0.1) is 6.10 Å². The molecule has 50 valence electrons. The van der Waals surface area contributed by atoms with Crippen LogP contribution in [0.2, 0.25) is 0 Å².